The third-order valence-corrected chi connectivity index (χ3v) is 3.90. The van der Waals surface area contributed by atoms with Crippen molar-refractivity contribution in [2.75, 3.05) is 13.7 Å². The Morgan fingerprint density at radius 2 is 2.00 bits per heavy atom. The Labute approximate surface area is 137 Å². The average molecular weight is 328 g/mol. The molecule has 1 aromatic carbocycles. The van der Waals surface area contributed by atoms with E-state index < -0.39 is 11.9 Å². The van der Waals surface area contributed by atoms with Crippen molar-refractivity contribution in [3.05, 3.63) is 58.0 Å². The fourth-order valence-corrected chi connectivity index (χ4v) is 2.58. The first kappa shape index (κ1) is 15.8. The van der Waals surface area contributed by atoms with Gasteiger partial charge in [-0.3, -0.25) is 14.4 Å². The molecule has 1 atom stereocenters. The van der Waals surface area contributed by atoms with Crippen molar-refractivity contribution in [2.45, 2.75) is 6.04 Å². The molecule has 0 saturated carbocycles. The smallest absolute Gasteiger partial charge is 0.268 e. The number of carbonyl (C=O) groups is 2. The number of nitrogens with one attached hydrogen (secondary N) is 1. The molecule has 1 aromatic heterocycles. The van der Waals surface area contributed by atoms with Gasteiger partial charge >= 0.3 is 0 Å². The number of benzene rings is 1. The maximum absolute atomic E-state index is 12.6. The highest BCUT2D eigenvalue weighted by Crippen LogP contribution is 2.34. The molecule has 0 radical (unpaired) electrons. The van der Waals surface area contributed by atoms with Crippen LogP contribution < -0.4 is 20.3 Å². The Morgan fingerprint density at radius 3 is 2.75 bits per heavy atom. The number of fused-ring (bicyclic) bond motifs is 1. The van der Waals surface area contributed by atoms with Gasteiger partial charge in [0.25, 0.3) is 11.5 Å². The van der Waals surface area contributed by atoms with Crippen LogP contribution in [0.25, 0.3) is 0 Å². The largest absolute Gasteiger partial charge is 0.493 e. The molecule has 0 bridgehead atoms. The quantitative estimate of drug-likeness (QED) is 0.899. The summed E-state index contributed by atoms with van der Waals surface area (Å²) in [6.07, 6.45) is 0. The fraction of sp³-hybridized carbons (Fsp3) is 0.235. The number of Topliss-reactive ketones (excluding diaryl/α,β-unsaturated/α-hetero) is 1. The number of carbonyl (C=O) groups excluding carboxylic acids is 2. The molecule has 1 aliphatic heterocycles. The number of para-hydroxylation sites is 1. The van der Waals surface area contributed by atoms with Crippen LogP contribution >= 0.6 is 0 Å². The van der Waals surface area contributed by atoms with Crippen molar-refractivity contribution in [1.29, 1.82) is 0 Å². The molecular formula is C17H16N2O5. The molecule has 0 spiro atoms. The summed E-state index contributed by atoms with van der Waals surface area (Å²) in [4.78, 5) is 36.6. The molecule has 1 unspecified atom stereocenters. The SMILES string of the molecule is COc1cccc2c1OCC(NC(=O)c1cccc(=O)n1C)C2=O. The number of methoxy groups -OCH3 is 1. The highest BCUT2D eigenvalue weighted by atomic mass is 16.5. The zero-order valence-electron chi connectivity index (χ0n) is 13.2. The van der Waals surface area contributed by atoms with Crippen molar-refractivity contribution in [3.8, 4) is 11.5 Å². The lowest BCUT2D eigenvalue weighted by atomic mass is 10.0. The maximum Gasteiger partial charge on any atom is 0.268 e. The summed E-state index contributed by atoms with van der Waals surface area (Å²) in [7, 11) is 2.99. The minimum atomic E-state index is -0.826. The highest BCUT2D eigenvalue weighted by molar-refractivity contribution is 6.07. The first-order valence-corrected chi connectivity index (χ1v) is 7.34. The van der Waals surface area contributed by atoms with Crippen molar-refractivity contribution < 1.29 is 19.1 Å². The number of amides is 1. The van der Waals surface area contributed by atoms with Crippen molar-refractivity contribution in [3.63, 3.8) is 0 Å². The standard InChI is InChI=1S/C17H16N2O5/c1-19-12(6-4-8-14(19)20)17(22)18-11-9-24-16-10(15(11)21)5-3-7-13(16)23-2/h3-8,11H,9H2,1-2H3,(H,18,22). The minimum Gasteiger partial charge on any atom is -0.493 e. The third kappa shape index (κ3) is 2.64. The number of rotatable bonds is 3. The molecule has 124 valence electrons. The molecule has 2 heterocycles. The summed E-state index contributed by atoms with van der Waals surface area (Å²) in [5.41, 5.74) is 0.226. The van der Waals surface area contributed by atoms with Crippen LogP contribution in [0.15, 0.2) is 41.2 Å². The van der Waals surface area contributed by atoms with Gasteiger partial charge in [0.15, 0.2) is 17.3 Å². The Bertz CT molecular complexity index is 872. The molecule has 0 saturated heterocycles. The second kappa shape index (κ2) is 6.19. The monoisotopic (exact) mass is 328 g/mol. The molecule has 3 rings (SSSR count). The second-order valence-electron chi connectivity index (χ2n) is 5.35. The van der Waals surface area contributed by atoms with Gasteiger partial charge in [0, 0.05) is 13.1 Å². The highest BCUT2D eigenvalue weighted by Gasteiger charge is 2.32. The molecule has 1 aliphatic rings. The Morgan fingerprint density at radius 1 is 1.25 bits per heavy atom. The third-order valence-electron chi connectivity index (χ3n) is 3.90. The van der Waals surface area contributed by atoms with Crippen LogP contribution in [-0.4, -0.2) is 36.0 Å². The molecule has 0 aliphatic carbocycles. The van der Waals surface area contributed by atoms with Crippen molar-refractivity contribution in [2.24, 2.45) is 7.05 Å². The van der Waals surface area contributed by atoms with E-state index in [9.17, 15) is 14.4 Å². The van der Waals surface area contributed by atoms with Gasteiger partial charge in [-0.05, 0) is 18.2 Å². The topological polar surface area (TPSA) is 86.6 Å². The molecule has 0 fully saturated rings. The molecule has 7 heteroatoms. The summed E-state index contributed by atoms with van der Waals surface area (Å²) < 4.78 is 12.0. The van der Waals surface area contributed by atoms with Gasteiger partial charge in [0.1, 0.15) is 18.3 Å². The van der Waals surface area contributed by atoms with Crippen molar-refractivity contribution >= 4 is 11.7 Å². The van der Waals surface area contributed by atoms with Gasteiger partial charge in [-0.15, -0.1) is 0 Å². The fourth-order valence-electron chi connectivity index (χ4n) is 2.58. The molecule has 2 aromatic rings. The van der Waals surface area contributed by atoms with Crippen LogP contribution in [0.2, 0.25) is 0 Å². The Balaban J connectivity index is 1.84. The molecule has 1 amide bonds. The van der Waals surface area contributed by atoms with Crippen molar-refractivity contribution in [1.82, 2.24) is 9.88 Å². The summed E-state index contributed by atoms with van der Waals surface area (Å²) in [5.74, 6) is 0.0756. The van der Waals surface area contributed by atoms with Crippen LogP contribution in [0.4, 0.5) is 0 Å². The number of ketones is 1. The van der Waals surface area contributed by atoms with Gasteiger partial charge in [-0.25, -0.2) is 0 Å². The van der Waals surface area contributed by atoms with Gasteiger partial charge in [0.2, 0.25) is 0 Å². The Kier molecular flexibility index (Phi) is 4.07. The van der Waals surface area contributed by atoms with Gasteiger partial charge in [-0.1, -0.05) is 12.1 Å². The lowest BCUT2D eigenvalue weighted by Crippen LogP contribution is -2.48. The van der Waals surface area contributed by atoms with Crippen LogP contribution in [0, 0.1) is 0 Å². The van der Waals surface area contributed by atoms with Crippen LogP contribution in [0.3, 0.4) is 0 Å². The average Bonchev–Trinajstić information content (AvgIpc) is 2.59. The predicted octanol–water partition coefficient (Wildman–Crippen LogP) is 0.768. The first-order chi connectivity index (χ1) is 11.5. The van der Waals surface area contributed by atoms with E-state index in [1.165, 1.54) is 36.9 Å². The number of aromatic nitrogens is 1. The molecule has 7 nitrogen and oxygen atoms in total. The number of pyridine rings is 1. The zero-order valence-corrected chi connectivity index (χ0v) is 13.2. The van der Waals surface area contributed by atoms with E-state index in [1.54, 1.807) is 18.2 Å². The van der Waals surface area contributed by atoms with Gasteiger partial charge in [-0.2, -0.15) is 0 Å². The van der Waals surface area contributed by atoms with Crippen LogP contribution in [-0.2, 0) is 7.05 Å². The van der Waals surface area contributed by atoms with Gasteiger partial charge in [0.05, 0.1) is 12.7 Å². The zero-order chi connectivity index (χ0) is 17.3. The normalized spacial score (nSPS) is 16.1. The summed E-state index contributed by atoms with van der Waals surface area (Å²) in [6, 6.07) is 8.55. The molecular weight excluding hydrogens is 312 g/mol. The van der Waals surface area contributed by atoms with E-state index >= 15 is 0 Å². The number of hydrogen-bond acceptors (Lipinski definition) is 5. The predicted molar refractivity (Wildman–Crippen MR) is 85.8 cm³/mol. The lowest BCUT2D eigenvalue weighted by molar-refractivity contribution is 0.0788. The van der Waals surface area contributed by atoms with E-state index in [1.807, 2.05) is 0 Å². The molecule has 1 N–H and O–H groups in total. The summed E-state index contributed by atoms with van der Waals surface area (Å²) >= 11 is 0. The minimum absolute atomic E-state index is 0.00126. The van der Waals surface area contributed by atoms with E-state index in [-0.39, 0.29) is 23.6 Å². The number of nitrogens with zero attached hydrogens (tertiary/aromatic N) is 1. The lowest BCUT2D eigenvalue weighted by Gasteiger charge is -2.26. The van der Waals surface area contributed by atoms with Crippen LogP contribution in [0.5, 0.6) is 11.5 Å². The second-order valence-corrected chi connectivity index (χ2v) is 5.35. The molecule has 24 heavy (non-hydrogen) atoms. The summed E-state index contributed by atoms with van der Waals surface area (Å²) in [6.45, 7) is -0.00126. The number of hydrogen-bond donors (Lipinski definition) is 1. The maximum atomic E-state index is 12.6. The van der Waals surface area contributed by atoms with E-state index in [4.69, 9.17) is 9.47 Å². The van der Waals surface area contributed by atoms with E-state index in [0.717, 1.165) is 0 Å². The Hall–Kier alpha value is -3.09. The van der Waals surface area contributed by atoms with E-state index in [0.29, 0.717) is 17.1 Å². The van der Waals surface area contributed by atoms with Gasteiger partial charge < -0.3 is 19.4 Å². The first-order valence-electron chi connectivity index (χ1n) is 7.34. The summed E-state index contributed by atoms with van der Waals surface area (Å²) in [5, 5.41) is 2.62. The van der Waals surface area contributed by atoms with E-state index in [2.05, 4.69) is 5.32 Å². The van der Waals surface area contributed by atoms with Crippen LogP contribution in [0.1, 0.15) is 20.8 Å². The number of ether oxygens (including phenoxy) is 2.